The molecule has 4 nitrogen and oxygen atoms in total. The Bertz CT molecular complexity index is 876. The third-order valence-electron chi connectivity index (χ3n) is 3.10. The van der Waals surface area contributed by atoms with Crippen molar-refractivity contribution in [2.24, 2.45) is 0 Å². The first-order chi connectivity index (χ1) is 10.3. The zero-order valence-electron chi connectivity index (χ0n) is 11.1. The molecule has 0 aliphatic heterocycles. The smallest absolute Gasteiger partial charge is 0.344 e. The van der Waals surface area contributed by atoms with Crippen molar-refractivity contribution in [2.75, 3.05) is 6.61 Å². The average molecular weight is 277 g/mol. The fourth-order valence-electron chi connectivity index (χ4n) is 2.12. The number of rotatable bonds is 3. The lowest BCUT2D eigenvalue weighted by molar-refractivity contribution is 0.368. The van der Waals surface area contributed by atoms with Gasteiger partial charge in [-0.2, -0.15) is 5.26 Å². The zero-order chi connectivity index (χ0) is 14.7. The van der Waals surface area contributed by atoms with Gasteiger partial charge in [0.25, 0.3) is 0 Å². The molecule has 0 aliphatic carbocycles. The maximum Gasteiger partial charge on any atom is 0.344 e. The van der Waals surface area contributed by atoms with E-state index in [1.165, 1.54) is 0 Å². The van der Waals surface area contributed by atoms with Crippen molar-refractivity contribution in [2.45, 2.75) is 0 Å². The van der Waals surface area contributed by atoms with E-state index in [0.29, 0.717) is 16.9 Å². The van der Waals surface area contributed by atoms with Gasteiger partial charge in [0, 0.05) is 11.5 Å². The highest BCUT2D eigenvalue weighted by Crippen LogP contribution is 2.24. The van der Waals surface area contributed by atoms with E-state index in [1.54, 1.807) is 24.3 Å². The number of fused-ring (bicyclic) bond motifs is 1. The predicted molar refractivity (Wildman–Crippen MR) is 79.0 cm³/mol. The second kappa shape index (κ2) is 5.51. The lowest BCUT2D eigenvalue weighted by atomic mass is 10.1. The molecule has 21 heavy (non-hydrogen) atoms. The summed E-state index contributed by atoms with van der Waals surface area (Å²) in [5.74, 6) is 0.500. The fraction of sp³-hybridized carbons (Fsp3) is 0.0588. The summed E-state index contributed by atoms with van der Waals surface area (Å²) in [6, 6.07) is 18.2. The molecule has 0 fully saturated rings. The Morgan fingerprint density at radius 3 is 2.67 bits per heavy atom. The summed E-state index contributed by atoms with van der Waals surface area (Å²) >= 11 is 0. The van der Waals surface area contributed by atoms with E-state index in [1.807, 2.05) is 36.4 Å². The number of nitriles is 1. The second-order valence-corrected chi connectivity index (χ2v) is 4.46. The van der Waals surface area contributed by atoms with E-state index in [9.17, 15) is 4.79 Å². The van der Waals surface area contributed by atoms with Gasteiger partial charge in [-0.05, 0) is 23.8 Å². The lowest BCUT2D eigenvalue weighted by Crippen LogP contribution is -2.02. The molecule has 3 rings (SSSR count). The van der Waals surface area contributed by atoms with E-state index >= 15 is 0 Å². The molecule has 1 heterocycles. The summed E-state index contributed by atoms with van der Waals surface area (Å²) in [5.41, 5.74) is 1.38. The third-order valence-corrected chi connectivity index (χ3v) is 3.10. The molecule has 0 aliphatic rings. The van der Waals surface area contributed by atoms with Crippen LogP contribution < -0.4 is 10.4 Å². The summed E-state index contributed by atoms with van der Waals surface area (Å²) in [4.78, 5) is 12.1. The second-order valence-electron chi connectivity index (χ2n) is 4.46. The minimum atomic E-state index is -0.397. The molecular formula is C17H11NO3. The number of nitrogens with zero attached hydrogens (tertiary/aromatic N) is 1. The maximum absolute atomic E-state index is 12.1. The van der Waals surface area contributed by atoms with Crippen molar-refractivity contribution in [3.8, 4) is 22.9 Å². The average Bonchev–Trinajstić information content (AvgIpc) is 2.53. The topological polar surface area (TPSA) is 63.2 Å². The van der Waals surface area contributed by atoms with Gasteiger partial charge < -0.3 is 9.15 Å². The normalized spacial score (nSPS) is 10.2. The van der Waals surface area contributed by atoms with Gasteiger partial charge in [-0.15, -0.1) is 0 Å². The van der Waals surface area contributed by atoms with E-state index in [4.69, 9.17) is 14.4 Å². The van der Waals surface area contributed by atoms with Crippen LogP contribution in [0, 0.1) is 11.3 Å². The zero-order valence-corrected chi connectivity index (χ0v) is 11.1. The Balaban J connectivity index is 2.09. The van der Waals surface area contributed by atoms with E-state index in [0.717, 1.165) is 10.9 Å². The van der Waals surface area contributed by atoms with Gasteiger partial charge in [-0.1, -0.05) is 30.3 Å². The van der Waals surface area contributed by atoms with Crippen LogP contribution in [0.2, 0.25) is 0 Å². The fourth-order valence-corrected chi connectivity index (χ4v) is 2.12. The van der Waals surface area contributed by atoms with Crippen molar-refractivity contribution in [1.82, 2.24) is 0 Å². The van der Waals surface area contributed by atoms with Gasteiger partial charge in [0.05, 0.1) is 5.56 Å². The minimum absolute atomic E-state index is 0.0438. The van der Waals surface area contributed by atoms with Crippen LogP contribution in [0.3, 0.4) is 0 Å². The van der Waals surface area contributed by atoms with E-state index in [2.05, 4.69) is 0 Å². The van der Waals surface area contributed by atoms with Gasteiger partial charge in [-0.25, -0.2) is 4.79 Å². The highest BCUT2D eigenvalue weighted by Gasteiger charge is 2.08. The van der Waals surface area contributed by atoms with Crippen molar-refractivity contribution >= 4 is 11.0 Å². The Morgan fingerprint density at radius 1 is 1.10 bits per heavy atom. The van der Waals surface area contributed by atoms with Crippen LogP contribution in [0.5, 0.6) is 5.75 Å². The highest BCUT2D eigenvalue weighted by atomic mass is 16.5. The van der Waals surface area contributed by atoms with Gasteiger partial charge in [0.15, 0.2) is 6.61 Å². The Morgan fingerprint density at radius 2 is 1.90 bits per heavy atom. The lowest BCUT2D eigenvalue weighted by Gasteiger charge is -2.05. The monoisotopic (exact) mass is 277 g/mol. The quantitative estimate of drug-likeness (QED) is 0.688. The molecule has 1 aromatic heterocycles. The molecule has 4 heteroatoms. The van der Waals surface area contributed by atoms with Crippen molar-refractivity contribution < 1.29 is 9.15 Å². The molecule has 0 spiro atoms. The number of hydrogen-bond donors (Lipinski definition) is 0. The van der Waals surface area contributed by atoms with Crippen LogP contribution in [0.25, 0.3) is 22.1 Å². The molecule has 0 saturated carbocycles. The minimum Gasteiger partial charge on any atom is -0.479 e. The molecule has 0 saturated heterocycles. The van der Waals surface area contributed by atoms with Gasteiger partial charge in [-0.3, -0.25) is 0 Å². The summed E-state index contributed by atoms with van der Waals surface area (Å²) in [5, 5.41) is 9.30. The van der Waals surface area contributed by atoms with Crippen LogP contribution in [0.15, 0.2) is 63.8 Å². The van der Waals surface area contributed by atoms with E-state index < -0.39 is 5.63 Å². The van der Waals surface area contributed by atoms with Gasteiger partial charge in [0.2, 0.25) is 0 Å². The highest BCUT2D eigenvalue weighted by molar-refractivity contribution is 5.82. The molecule has 0 amide bonds. The summed E-state index contributed by atoms with van der Waals surface area (Å²) in [7, 11) is 0. The molecular weight excluding hydrogens is 266 g/mol. The molecule has 2 aromatic carbocycles. The van der Waals surface area contributed by atoms with E-state index in [-0.39, 0.29) is 6.61 Å². The molecule has 0 radical (unpaired) electrons. The van der Waals surface area contributed by atoms with Crippen molar-refractivity contribution in [3.63, 3.8) is 0 Å². The summed E-state index contributed by atoms with van der Waals surface area (Å²) < 4.78 is 10.5. The molecule has 0 N–H and O–H groups in total. The number of benzene rings is 2. The Kier molecular flexibility index (Phi) is 3.40. The van der Waals surface area contributed by atoms with Gasteiger partial charge in [0.1, 0.15) is 17.4 Å². The molecule has 102 valence electrons. The first kappa shape index (κ1) is 12.9. The van der Waals surface area contributed by atoms with Crippen molar-refractivity contribution in [3.05, 3.63) is 65.0 Å². The number of hydrogen-bond acceptors (Lipinski definition) is 4. The van der Waals surface area contributed by atoms with Crippen LogP contribution >= 0.6 is 0 Å². The molecule has 3 aromatic rings. The van der Waals surface area contributed by atoms with Crippen LogP contribution in [0.4, 0.5) is 0 Å². The molecule has 0 atom stereocenters. The number of ether oxygens (including phenoxy) is 1. The van der Waals surface area contributed by atoms with Crippen LogP contribution in [0.1, 0.15) is 0 Å². The predicted octanol–water partition coefficient (Wildman–Crippen LogP) is 3.36. The Hall–Kier alpha value is -3.06. The third kappa shape index (κ3) is 2.63. The van der Waals surface area contributed by atoms with Crippen LogP contribution in [-0.2, 0) is 0 Å². The first-order valence-electron chi connectivity index (χ1n) is 6.41. The standard InChI is InChI=1S/C17H11NO3/c18-8-9-20-14-7-6-13-10-15(12-4-2-1-3-5-12)17(19)21-16(13)11-14/h1-7,10-11H,9H2. The molecule has 0 unspecified atom stereocenters. The first-order valence-corrected chi connectivity index (χ1v) is 6.41. The van der Waals surface area contributed by atoms with Crippen molar-refractivity contribution in [1.29, 1.82) is 5.26 Å². The SMILES string of the molecule is N#CCOc1ccc2cc(-c3ccccc3)c(=O)oc2c1. The summed E-state index contributed by atoms with van der Waals surface area (Å²) in [6.07, 6.45) is 0. The Labute approximate surface area is 120 Å². The largest absolute Gasteiger partial charge is 0.479 e. The molecule has 0 bridgehead atoms. The van der Waals surface area contributed by atoms with Gasteiger partial charge >= 0.3 is 5.63 Å². The van der Waals surface area contributed by atoms with Crippen LogP contribution in [-0.4, -0.2) is 6.61 Å². The maximum atomic E-state index is 12.1. The summed E-state index contributed by atoms with van der Waals surface area (Å²) in [6.45, 7) is -0.0438.